The van der Waals surface area contributed by atoms with E-state index in [0.29, 0.717) is 25.6 Å². The number of benzene rings is 2. The largest absolute Gasteiger partial charge is 0.493 e. The molecule has 1 unspecified atom stereocenters. The quantitative estimate of drug-likeness (QED) is 0.512. The van der Waals surface area contributed by atoms with Gasteiger partial charge in [-0.2, -0.15) is 8.42 Å². The van der Waals surface area contributed by atoms with Crippen molar-refractivity contribution < 1.29 is 13.2 Å². The second kappa shape index (κ2) is 11.5. The fourth-order valence-corrected chi connectivity index (χ4v) is 6.50. The molecule has 0 spiro atoms. The maximum atomic E-state index is 12.7. The third-order valence-electron chi connectivity index (χ3n) is 7.22. The molecule has 198 valence electrons. The molecule has 0 amide bonds. The molecule has 3 N–H and O–H groups in total. The first kappa shape index (κ1) is 25.5. The van der Waals surface area contributed by atoms with Crippen molar-refractivity contribution >= 4 is 22.1 Å². The van der Waals surface area contributed by atoms with Crippen LogP contribution in [0.3, 0.4) is 0 Å². The van der Waals surface area contributed by atoms with Crippen molar-refractivity contribution in [1.29, 1.82) is 0 Å². The molecule has 0 radical (unpaired) electrons. The zero-order chi connectivity index (χ0) is 25.7. The Morgan fingerprint density at radius 2 is 1.86 bits per heavy atom. The van der Waals surface area contributed by atoms with Crippen LogP contribution in [0.25, 0.3) is 0 Å². The van der Waals surface area contributed by atoms with Crippen LogP contribution >= 0.6 is 0 Å². The molecular formula is C27H36N6O3S. The van der Waals surface area contributed by atoms with Gasteiger partial charge in [-0.3, -0.25) is 15.2 Å². The Balaban J connectivity index is 1.22. The Labute approximate surface area is 219 Å². The summed E-state index contributed by atoms with van der Waals surface area (Å²) in [5, 5.41) is 2.81. The fourth-order valence-electron chi connectivity index (χ4n) is 5.47. The lowest BCUT2D eigenvalue weighted by molar-refractivity contribution is 0.147. The Hall–Kier alpha value is -3.11. The molecule has 1 aliphatic carbocycles. The normalized spacial score (nSPS) is 22.7. The summed E-state index contributed by atoms with van der Waals surface area (Å²) in [7, 11) is -3.96. The second-order valence-electron chi connectivity index (χ2n) is 9.81. The number of aliphatic imine (C=N–C) groups is 1. The Morgan fingerprint density at radius 1 is 1.05 bits per heavy atom. The number of likely N-dealkylation sites (tertiary alicyclic amines) is 1. The lowest BCUT2D eigenvalue weighted by Gasteiger charge is -2.38. The first-order valence-electron chi connectivity index (χ1n) is 13.2. The summed E-state index contributed by atoms with van der Waals surface area (Å²) in [6, 6.07) is 16.3. The van der Waals surface area contributed by atoms with Crippen molar-refractivity contribution in [2.75, 3.05) is 26.2 Å². The highest BCUT2D eigenvalue weighted by Crippen LogP contribution is 2.39. The number of nitrogens with two attached hydrogens (primary N) is 1. The minimum atomic E-state index is -3.96. The van der Waals surface area contributed by atoms with Crippen molar-refractivity contribution in [3.05, 3.63) is 65.2 Å². The second-order valence-corrected chi connectivity index (χ2v) is 11.3. The van der Waals surface area contributed by atoms with Gasteiger partial charge in [-0.25, -0.2) is 4.31 Å². The maximum Gasteiger partial charge on any atom is 0.350 e. The van der Waals surface area contributed by atoms with Crippen LogP contribution in [0.2, 0.25) is 0 Å². The summed E-state index contributed by atoms with van der Waals surface area (Å²) in [6.45, 7) is 3.39. The summed E-state index contributed by atoms with van der Waals surface area (Å²) in [6.07, 6.45) is 8.02. The van der Waals surface area contributed by atoms with Crippen molar-refractivity contribution in [2.45, 2.75) is 57.5 Å². The van der Waals surface area contributed by atoms with E-state index in [1.165, 1.54) is 56.3 Å². The van der Waals surface area contributed by atoms with Gasteiger partial charge in [0.1, 0.15) is 5.75 Å². The van der Waals surface area contributed by atoms with Gasteiger partial charge >= 0.3 is 10.2 Å². The van der Waals surface area contributed by atoms with E-state index in [-0.39, 0.29) is 18.5 Å². The maximum absolute atomic E-state index is 12.7. The van der Waals surface area contributed by atoms with Crippen LogP contribution in [-0.2, 0) is 23.2 Å². The molecule has 10 heteroatoms. The molecule has 9 nitrogen and oxygen atoms in total. The molecule has 1 fully saturated rings. The molecule has 2 aromatic rings. The number of rotatable bonds is 8. The Morgan fingerprint density at radius 3 is 2.68 bits per heavy atom. The van der Waals surface area contributed by atoms with E-state index < -0.39 is 10.2 Å². The van der Waals surface area contributed by atoms with E-state index in [4.69, 9.17) is 10.5 Å². The number of nitrogens with one attached hydrogen (secondary N) is 1. The molecule has 0 saturated carbocycles. The highest BCUT2D eigenvalue weighted by atomic mass is 32.2. The third-order valence-corrected chi connectivity index (χ3v) is 8.51. The summed E-state index contributed by atoms with van der Waals surface area (Å²) in [4.78, 5) is 7.16. The Kier molecular flexibility index (Phi) is 7.95. The van der Waals surface area contributed by atoms with Crippen LogP contribution in [0.4, 0.5) is 0 Å². The van der Waals surface area contributed by atoms with E-state index in [1.807, 2.05) is 30.3 Å². The summed E-state index contributed by atoms with van der Waals surface area (Å²) < 4.78 is 36.3. The van der Waals surface area contributed by atoms with Gasteiger partial charge in [0.05, 0.1) is 13.2 Å². The van der Waals surface area contributed by atoms with Crippen LogP contribution in [0.1, 0.15) is 61.3 Å². The molecule has 3 aliphatic rings. The molecule has 0 bridgehead atoms. The van der Waals surface area contributed by atoms with Crippen molar-refractivity contribution in [2.24, 2.45) is 15.1 Å². The van der Waals surface area contributed by atoms with Crippen molar-refractivity contribution in [1.82, 2.24) is 14.5 Å². The molecule has 37 heavy (non-hydrogen) atoms. The van der Waals surface area contributed by atoms with E-state index in [9.17, 15) is 8.42 Å². The van der Waals surface area contributed by atoms with Gasteiger partial charge in [-0.1, -0.05) is 48.9 Å². The number of piperidine rings is 1. The highest BCUT2D eigenvalue weighted by molar-refractivity contribution is 7.88. The van der Waals surface area contributed by atoms with Gasteiger partial charge < -0.3 is 10.5 Å². The van der Waals surface area contributed by atoms with Crippen LogP contribution in [-0.4, -0.2) is 55.8 Å². The average Bonchev–Trinajstić information content (AvgIpc) is 2.91. The lowest BCUT2D eigenvalue weighted by atomic mass is 9.85. The number of fused-ring (bicyclic) bond motifs is 1. The van der Waals surface area contributed by atoms with Gasteiger partial charge in [0.2, 0.25) is 11.9 Å². The summed E-state index contributed by atoms with van der Waals surface area (Å²) in [5.41, 5.74) is 9.31. The van der Waals surface area contributed by atoms with E-state index in [1.54, 1.807) is 0 Å². The van der Waals surface area contributed by atoms with Crippen molar-refractivity contribution in [3.8, 4) is 5.75 Å². The number of ether oxygens (including phenoxy) is 1. The highest BCUT2D eigenvalue weighted by Gasteiger charge is 2.31. The summed E-state index contributed by atoms with van der Waals surface area (Å²) in [5.74, 6) is 0.962. The summed E-state index contributed by atoms with van der Waals surface area (Å²) >= 11 is 0. The molecule has 1 atom stereocenters. The predicted molar refractivity (Wildman–Crippen MR) is 146 cm³/mol. The van der Waals surface area contributed by atoms with Crippen molar-refractivity contribution in [3.63, 3.8) is 0 Å². The van der Waals surface area contributed by atoms with E-state index in [0.717, 1.165) is 22.0 Å². The molecule has 0 aromatic heterocycles. The minimum Gasteiger partial charge on any atom is -0.493 e. The van der Waals surface area contributed by atoms with Gasteiger partial charge in [0, 0.05) is 19.0 Å². The first-order valence-corrected chi connectivity index (χ1v) is 14.6. The minimum absolute atomic E-state index is 0.122. The Bertz CT molecular complexity index is 1240. The van der Waals surface area contributed by atoms with Gasteiger partial charge in [-0.05, 0) is 68.0 Å². The lowest BCUT2D eigenvalue weighted by Crippen LogP contribution is -2.53. The zero-order valence-corrected chi connectivity index (χ0v) is 22.0. The van der Waals surface area contributed by atoms with Crippen LogP contribution in [0, 0.1) is 0 Å². The van der Waals surface area contributed by atoms with Crippen LogP contribution in [0.5, 0.6) is 5.75 Å². The predicted octanol–water partition coefficient (Wildman–Crippen LogP) is 3.34. The topological polar surface area (TPSA) is 113 Å². The fraction of sp³-hybridized carbons (Fsp3) is 0.481. The molecule has 1 saturated heterocycles. The van der Waals surface area contributed by atoms with Gasteiger partial charge in [-0.15, -0.1) is 4.40 Å². The van der Waals surface area contributed by atoms with Gasteiger partial charge in [0.15, 0.2) is 0 Å². The molecule has 2 heterocycles. The molecule has 2 aromatic carbocycles. The third kappa shape index (κ3) is 6.07. The number of hydrogen-bond acceptors (Lipinski definition) is 6. The SMILES string of the molecule is NC1=NS(=O)(=O)N(Cc2ccccc2)C(=NCCCOc2cccc3c2CCCC3N2CCCCC2)N1. The number of guanidine groups is 2. The number of nitrogens with zero attached hydrogens (tertiary/aromatic N) is 4. The zero-order valence-electron chi connectivity index (χ0n) is 21.2. The monoisotopic (exact) mass is 524 g/mol. The molecule has 5 rings (SSSR count). The number of hydrogen-bond donors (Lipinski definition) is 2. The first-order chi connectivity index (χ1) is 18.0. The molecular weight excluding hydrogens is 488 g/mol. The van der Waals surface area contributed by atoms with Crippen LogP contribution in [0.15, 0.2) is 57.9 Å². The van der Waals surface area contributed by atoms with E-state index >= 15 is 0 Å². The average molecular weight is 525 g/mol. The van der Waals surface area contributed by atoms with Crippen LogP contribution < -0.4 is 15.8 Å². The molecule has 2 aliphatic heterocycles. The standard InChI is InChI=1S/C27H36N6O3S/c28-26-30-27(33(37(34,35)31-26)20-21-10-3-1-4-11-21)29-16-9-19-36-25-15-8-12-22-23(25)13-7-14-24(22)32-17-5-2-6-18-32/h1,3-4,8,10-12,15,24H,2,5-7,9,13-14,16-20H2,(H3,28,29,30,31). The van der Waals surface area contributed by atoms with E-state index in [2.05, 4.69) is 37.8 Å². The smallest absolute Gasteiger partial charge is 0.350 e. The van der Waals surface area contributed by atoms with Gasteiger partial charge in [0.25, 0.3) is 0 Å².